The van der Waals surface area contributed by atoms with E-state index in [0.717, 1.165) is 11.4 Å². The molecule has 164 valence electrons. The quantitative estimate of drug-likeness (QED) is 0.422. The van der Waals surface area contributed by atoms with Crippen LogP contribution in [-0.4, -0.2) is 28.2 Å². The van der Waals surface area contributed by atoms with Crippen molar-refractivity contribution in [2.24, 2.45) is 0 Å². The molecule has 1 N–H and O–H groups in total. The van der Waals surface area contributed by atoms with Gasteiger partial charge in [0.25, 0.3) is 0 Å². The summed E-state index contributed by atoms with van der Waals surface area (Å²) in [4.78, 5) is 4.25. The van der Waals surface area contributed by atoms with Crippen molar-refractivity contribution in [2.45, 2.75) is 19.6 Å². The number of halogens is 1. The van der Waals surface area contributed by atoms with Crippen molar-refractivity contribution >= 4 is 27.3 Å². The van der Waals surface area contributed by atoms with Crippen LogP contribution in [0, 0.1) is 13.8 Å². The number of rotatable bonds is 7. The van der Waals surface area contributed by atoms with Gasteiger partial charge in [-0.05, 0) is 61.9 Å². The lowest BCUT2D eigenvalue weighted by atomic mass is 10.2. The molecule has 0 aliphatic heterocycles. The van der Waals surface area contributed by atoms with Gasteiger partial charge in [-0.15, -0.1) is 10.2 Å². The average molecular weight is 470 g/mol. The maximum absolute atomic E-state index is 12.4. The molecule has 4 aromatic rings. The van der Waals surface area contributed by atoms with Crippen LogP contribution in [0.15, 0.2) is 67.0 Å². The maximum atomic E-state index is 12.4. The summed E-state index contributed by atoms with van der Waals surface area (Å²) >= 11 is 5.92. The Morgan fingerprint density at radius 3 is 2.44 bits per heavy atom. The van der Waals surface area contributed by atoms with Gasteiger partial charge in [0.15, 0.2) is 5.82 Å². The topological polar surface area (TPSA) is 99.0 Å². The van der Waals surface area contributed by atoms with Crippen LogP contribution in [0.25, 0.3) is 5.82 Å². The van der Waals surface area contributed by atoms with Crippen LogP contribution in [0.2, 0.25) is 5.02 Å². The summed E-state index contributed by atoms with van der Waals surface area (Å²) in [6, 6.07) is 16.8. The molecule has 0 aliphatic rings. The summed E-state index contributed by atoms with van der Waals surface area (Å²) in [5.74, 6) is 1.28. The smallest absolute Gasteiger partial charge is 0.238 e. The Morgan fingerprint density at radius 2 is 1.81 bits per heavy atom. The van der Waals surface area contributed by atoms with Crippen molar-refractivity contribution in [1.82, 2.24) is 19.7 Å². The lowest BCUT2D eigenvalue weighted by molar-refractivity contribution is 0.454. The molecule has 4 rings (SSSR count). The maximum Gasteiger partial charge on any atom is 0.238 e. The average Bonchev–Trinajstić information content (AvgIpc) is 3.08. The van der Waals surface area contributed by atoms with E-state index in [0.29, 0.717) is 33.7 Å². The van der Waals surface area contributed by atoms with E-state index in [1.54, 1.807) is 67.0 Å². The molecule has 2 heterocycles. The van der Waals surface area contributed by atoms with Crippen LogP contribution in [0.1, 0.15) is 17.0 Å². The molecule has 0 radical (unpaired) electrons. The van der Waals surface area contributed by atoms with Crippen molar-refractivity contribution in [1.29, 1.82) is 0 Å². The minimum absolute atomic E-state index is 0.177. The number of nitrogens with one attached hydrogen (secondary N) is 1. The normalized spacial score (nSPS) is 11.3. The van der Waals surface area contributed by atoms with Crippen molar-refractivity contribution in [3.05, 3.63) is 89.0 Å². The third-order valence-electron chi connectivity index (χ3n) is 4.72. The number of anilines is 1. The van der Waals surface area contributed by atoms with Crippen LogP contribution in [0.4, 0.5) is 5.69 Å². The first-order chi connectivity index (χ1) is 15.3. The van der Waals surface area contributed by atoms with Gasteiger partial charge in [-0.1, -0.05) is 23.7 Å². The molecule has 8 nitrogen and oxygen atoms in total. The predicted molar refractivity (Wildman–Crippen MR) is 123 cm³/mol. The molecular weight excluding hydrogens is 450 g/mol. The minimum Gasteiger partial charge on any atom is -0.438 e. The Morgan fingerprint density at radius 1 is 1.03 bits per heavy atom. The van der Waals surface area contributed by atoms with E-state index in [2.05, 4.69) is 19.9 Å². The highest BCUT2D eigenvalue weighted by molar-refractivity contribution is 7.91. The van der Waals surface area contributed by atoms with Crippen molar-refractivity contribution < 1.29 is 13.2 Å². The Hall–Kier alpha value is -3.43. The molecule has 2 aromatic carbocycles. The third-order valence-corrected chi connectivity index (χ3v) is 6.22. The molecule has 0 amide bonds. The van der Waals surface area contributed by atoms with Crippen molar-refractivity contribution in [2.75, 3.05) is 4.72 Å². The molecule has 0 aliphatic carbocycles. The molecular formula is C22H20ClN5O3S. The van der Waals surface area contributed by atoms with Crippen LogP contribution >= 0.6 is 11.6 Å². The van der Waals surface area contributed by atoms with Gasteiger partial charge in [0.1, 0.15) is 12.1 Å². The number of ether oxygens (including phenoxy) is 1. The molecule has 0 atom stereocenters. The highest BCUT2D eigenvalue weighted by Gasteiger charge is 2.13. The number of nitrogens with zero attached hydrogens (tertiary/aromatic N) is 4. The SMILES string of the molecule is Cc1ncn(-c2ccc(Oc3ccc(NS(=O)(=O)Cc4cccc(Cl)c4)cc3)nn2)c1C. The van der Waals surface area contributed by atoms with Gasteiger partial charge in [-0.2, -0.15) is 0 Å². The second-order valence-corrected chi connectivity index (χ2v) is 9.29. The third kappa shape index (κ3) is 5.24. The summed E-state index contributed by atoms with van der Waals surface area (Å²) in [7, 11) is -3.59. The molecule has 0 fully saturated rings. The number of sulfonamides is 1. The number of aryl methyl sites for hydroxylation is 1. The second-order valence-electron chi connectivity index (χ2n) is 7.13. The van der Waals surface area contributed by atoms with Gasteiger partial charge < -0.3 is 4.74 Å². The summed E-state index contributed by atoms with van der Waals surface area (Å²) in [5.41, 5.74) is 2.94. The van der Waals surface area contributed by atoms with E-state index < -0.39 is 10.0 Å². The Kier molecular flexibility index (Phi) is 6.11. The number of hydrogen-bond acceptors (Lipinski definition) is 6. The summed E-state index contributed by atoms with van der Waals surface area (Å²) in [6.45, 7) is 3.89. The van der Waals surface area contributed by atoms with Crippen LogP contribution < -0.4 is 9.46 Å². The van der Waals surface area contributed by atoms with E-state index in [9.17, 15) is 8.42 Å². The zero-order valence-corrected chi connectivity index (χ0v) is 18.9. The van der Waals surface area contributed by atoms with Gasteiger partial charge in [-0.25, -0.2) is 13.4 Å². The van der Waals surface area contributed by atoms with Gasteiger partial charge >= 0.3 is 0 Å². The molecule has 0 bridgehead atoms. The van der Waals surface area contributed by atoms with E-state index in [4.69, 9.17) is 16.3 Å². The van der Waals surface area contributed by atoms with Gasteiger partial charge in [0.2, 0.25) is 15.9 Å². The number of hydrogen-bond donors (Lipinski definition) is 1. The molecule has 0 saturated carbocycles. The monoisotopic (exact) mass is 469 g/mol. The molecule has 32 heavy (non-hydrogen) atoms. The van der Waals surface area contributed by atoms with E-state index in [1.165, 1.54) is 0 Å². The molecule has 0 spiro atoms. The Bertz CT molecular complexity index is 1340. The lowest BCUT2D eigenvalue weighted by Gasteiger charge is -2.10. The molecule has 10 heteroatoms. The molecule has 0 unspecified atom stereocenters. The number of aromatic nitrogens is 4. The zero-order valence-electron chi connectivity index (χ0n) is 17.4. The van der Waals surface area contributed by atoms with Gasteiger partial charge in [0.05, 0.1) is 11.4 Å². The van der Waals surface area contributed by atoms with Crippen LogP contribution in [0.3, 0.4) is 0 Å². The van der Waals surface area contributed by atoms with Gasteiger partial charge in [0, 0.05) is 22.5 Å². The van der Waals surface area contributed by atoms with Crippen molar-refractivity contribution in [3.63, 3.8) is 0 Å². The standard InChI is InChI=1S/C22H20ClN5O3S/c1-15-16(2)28(14-24-15)21-10-11-22(26-25-21)31-20-8-6-19(7-9-20)27-32(29,30)13-17-4-3-5-18(23)12-17/h3-12,14,27H,13H2,1-2H3. The molecule has 2 aromatic heterocycles. The summed E-state index contributed by atoms with van der Waals surface area (Å²) in [5, 5.41) is 8.76. The minimum atomic E-state index is -3.59. The first-order valence-electron chi connectivity index (χ1n) is 9.66. The highest BCUT2D eigenvalue weighted by atomic mass is 35.5. The highest BCUT2D eigenvalue weighted by Crippen LogP contribution is 2.23. The fraction of sp³-hybridized carbons (Fsp3) is 0.136. The Labute approximate surface area is 190 Å². The first-order valence-corrected chi connectivity index (χ1v) is 11.7. The van der Waals surface area contributed by atoms with Crippen LogP contribution in [-0.2, 0) is 15.8 Å². The second kappa shape index (κ2) is 8.97. The Balaban J connectivity index is 1.40. The van der Waals surface area contributed by atoms with Crippen molar-refractivity contribution in [3.8, 4) is 17.4 Å². The lowest BCUT2D eigenvalue weighted by Crippen LogP contribution is -2.15. The van der Waals surface area contributed by atoms with Crippen LogP contribution in [0.5, 0.6) is 11.6 Å². The largest absolute Gasteiger partial charge is 0.438 e. The fourth-order valence-electron chi connectivity index (χ4n) is 3.00. The number of benzene rings is 2. The van der Waals surface area contributed by atoms with E-state index >= 15 is 0 Å². The zero-order chi connectivity index (χ0) is 22.7. The summed E-state index contributed by atoms with van der Waals surface area (Å²) < 4.78 is 34.9. The first kappa shape index (κ1) is 21.8. The number of imidazole rings is 1. The van der Waals surface area contributed by atoms with E-state index in [1.807, 2.05) is 18.4 Å². The fourth-order valence-corrected chi connectivity index (χ4v) is 4.40. The van der Waals surface area contributed by atoms with Gasteiger partial charge in [-0.3, -0.25) is 9.29 Å². The summed E-state index contributed by atoms with van der Waals surface area (Å²) in [6.07, 6.45) is 1.70. The molecule has 0 saturated heterocycles. The van der Waals surface area contributed by atoms with E-state index in [-0.39, 0.29) is 5.75 Å². The predicted octanol–water partition coefficient (Wildman–Crippen LogP) is 4.67.